The molecule has 1 saturated heterocycles. The molecule has 1 aromatic rings. The van der Waals surface area contributed by atoms with E-state index in [4.69, 9.17) is 9.47 Å². The summed E-state index contributed by atoms with van der Waals surface area (Å²) in [5, 5.41) is 0. The lowest BCUT2D eigenvalue weighted by atomic mass is 9.96. The molecule has 0 spiro atoms. The van der Waals surface area contributed by atoms with Crippen LogP contribution in [0.3, 0.4) is 0 Å². The van der Waals surface area contributed by atoms with Gasteiger partial charge in [0, 0.05) is 12.1 Å². The normalized spacial score (nSPS) is 22.5. The molecule has 0 aliphatic carbocycles. The number of carbonyl (C=O) groups excluding carboxylic acids is 1. The van der Waals surface area contributed by atoms with Gasteiger partial charge in [-0.2, -0.15) is 0 Å². The Balaban J connectivity index is 2.41. The minimum atomic E-state index is -0.000926. The number of hydrogen-bond acceptors (Lipinski definition) is 3. The number of carbonyl (C=O) groups is 1. The zero-order valence-electron chi connectivity index (χ0n) is 12.7. The van der Waals surface area contributed by atoms with Gasteiger partial charge in [0.15, 0.2) is 0 Å². The molecule has 2 rings (SSSR count). The van der Waals surface area contributed by atoms with Crippen molar-refractivity contribution < 1.29 is 14.3 Å². The van der Waals surface area contributed by atoms with Gasteiger partial charge in [-0.3, -0.25) is 4.79 Å². The summed E-state index contributed by atoms with van der Waals surface area (Å²) >= 11 is 0. The second kappa shape index (κ2) is 6.16. The molecule has 0 radical (unpaired) electrons. The Bertz CT molecular complexity index is 454. The average Bonchev–Trinajstić information content (AvgIpc) is 2.45. The maximum absolute atomic E-state index is 12.9. The van der Waals surface area contributed by atoms with Gasteiger partial charge in [-0.1, -0.05) is 6.07 Å². The lowest BCUT2D eigenvalue weighted by Crippen LogP contribution is -2.47. The van der Waals surface area contributed by atoms with Crippen molar-refractivity contribution in [1.82, 2.24) is 4.90 Å². The van der Waals surface area contributed by atoms with Crippen molar-refractivity contribution in [2.75, 3.05) is 14.2 Å². The highest BCUT2D eigenvalue weighted by atomic mass is 16.5. The first-order valence-electron chi connectivity index (χ1n) is 7.13. The largest absolute Gasteiger partial charge is 0.496 e. The predicted octanol–water partition coefficient (Wildman–Crippen LogP) is 3.11. The van der Waals surface area contributed by atoms with Crippen LogP contribution in [0.25, 0.3) is 0 Å². The van der Waals surface area contributed by atoms with Crippen LogP contribution in [0, 0.1) is 0 Å². The maximum Gasteiger partial charge on any atom is 0.261 e. The number of likely N-dealkylation sites (tertiary alicyclic amines) is 1. The Labute approximate surface area is 120 Å². The van der Waals surface area contributed by atoms with Crippen LogP contribution >= 0.6 is 0 Å². The molecule has 4 heteroatoms. The molecule has 1 aliphatic rings. The van der Waals surface area contributed by atoms with Gasteiger partial charge >= 0.3 is 0 Å². The summed E-state index contributed by atoms with van der Waals surface area (Å²) in [6.07, 6.45) is 3.27. The molecule has 1 aromatic carbocycles. The summed E-state index contributed by atoms with van der Waals surface area (Å²) in [7, 11) is 3.16. The molecule has 4 nitrogen and oxygen atoms in total. The lowest BCUT2D eigenvalue weighted by Gasteiger charge is -2.39. The highest BCUT2D eigenvalue weighted by molar-refractivity contribution is 6.00. The maximum atomic E-state index is 12.9. The van der Waals surface area contributed by atoms with Crippen molar-refractivity contribution in [2.45, 2.75) is 45.2 Å². The van der Waals surface area contributed by atoms with Crippen molar-refractivity contribution in [2.24, 2.45) is 0 Å². The molecule has 1 amide bonds. The van der Waals surface area contributed by atoms with Crippen LogP contribution in [0.5, 0.6) is 11.5 Å². The topological polar surface area (TPSA) is 38.8 Å². The van der Waals surface area contributed by atoms with Gasteiger partial charge in [0.05, 0.1) is 14.2 Å². The van der Waals surface area contributed by atoms with Crippen LogP contribution in [0.15, 0.2) is 18.2 Å². The van der Waals surface area contributed by atoms with Crippen molar-refractivity contribution in [1.29, 1.82) is 0 Å². The van der Waals surface area contributed by atoms with Gasteiger partial charge in [0.25, 0.3) is 5.91 Å². The van der Waals surface area contributed by atoms with E-state index >= 15 is 0 Å². The van der Waals surface area contributed by atoms with Crippen molar-refractivity contribution in [3.05, 3.63) is 23.8 Å². The van der Waals surface area contributed by atoms with Crippen molar-refractivity contribution in [3.63, 3.8) is 0 Å². The average molecular weight is 277 g/mol. The number of piperidine rings is 1. The summed E-state index contributed by atoms with van der Waals surface area (Å²) in [5.74, 6) is 1.14. The van der Waals surface area contributed by atoms with Crippen LogP contribution in [-0.2, 0) is 0 Å². The first-order valence-corrected chi connectivity index (χ1v) is 7.13. The fraction of sp³-hybridized carbons (Fsp3) is 0.562. The third-order valence-corrected chi connectivity index (χ3v) is 4.07. The van der Waals surface area contributed by atoms with E-state index in [9.17, 15) is 4.79 Å². The van der Waals surface area contributed by atoms with Crippen LogP contribution in [0.2, 0.25) is 0 Å². The number of nitrogens with zero attached hydrogens (tertiary/aromatic N) is 1. The molecule has 1 heterocycles. The van der Waals surface area contributed by atoms with Crippen molar-refractivity contribution in [3.8, 4) is 11.5 Å². The fourth-order valence-corrected chi connectivity index (χ4v) is 3.01. The Morgan fingerprint density at radius 1 is 1.10 bits per heavy atom. The molecular weight excluding hydrogens is 254 g/mol. The summed E-state index contributed by atoms with van der Waals surface area (Å²) in [5.41, 5.74) is 0.526. The minimum Gasteiger partial charge on any atom is -0.496 e. The number of methoxy groups -OCH3 is 2. The van der Waals surface area contributed by atoms with E-state index in [1.54, 1.807) is 26.4 Å². The second-order valence-electron chi connectivity index (χ2n) is 5.38. The van der Waals surface area contributed by atoms with Gasteiger partial charge < -0.3 is 14.4 Å². The Morgan fingerprint density at radius 2 is 1.60 bits per heavy atom. The van der Waals surface area contributed by atoms with Crippen LogP contribution < -0.4 is 9.47 Å². The molecule has 110 valence electrons. The summed E-state index contributed by atoms with van der Waals surface area (Å²) in [6, 6.07) is 5.93. The number of ether oxygens (including phenoxy) is 2. The highest BCUT2D eigenvalue weighted by Gasteiger charge is 2.32. The van der Waals surface area contributed by atoms with Crippen LogP contribution in [-0.4, -0.2) is 37.1 Å². The number of hydrogen-bond donors (Lipinski definition) is 0. The second-order valence-corrected chi connectivity index (χ2v) is 5.38. The third-order valence-electron chi connectivity index (χ3n) is 4.07. The van der Waals surface area contributed by atoms with E-state index in [1.807, 2.05) is 11.0 Å². The molecule has 1 fully saturated rings. The lowest BCUT2D eigenvalue weighted by molar-refractivity contribution is 0.0504. The first-order chi connectivity index (χ1) is 9.60. The molecule has 2 unspecified atom stereocenters. The minimum absolute atomic E-state index is 0.000926. The number of benzene rings is 1. The summed E-state index contributed by atoms with van der Waals surface area (Å²) < 4.78 is 10.7. The molecule has 0 saturated carbocycles. The molecule has 20 heavy (non-hydrogen) atoms. The van der Waals surface area contributed by atoms with Crippen molar-refractivity contribution >= 4 is 5.91 Å². The predicted molar refractivity (Wildman–Crippen MR) is 78.5 cm³/mol. The number of amides is 1. The molecule has 0 aromatic heterocycles. The molecule has 1 aliphatic heterocycles. The molecule has 2 atom stereocenters. The Kier molecular flexibility index (Phi) is 4.53. The fourth-order valence-electron chi connectivity index (χ4n) is 3.01. The smallest absolute Gasteiger partial charge is 0.261 e. The third kappa shape index (κ3) is 2.60. The Morgan fingerprint density at radius 3 is 2.05 bits per heavy atom. The van der Waals surface area contributed by atoms with E-state index in [0.29, 0.717) is 17.1 Å². The van der Waals surface area contributed by atoms with E-state index in [2.05, 4.69) is 13.8 Å². The molecule has 0 N–H and O–H groups in total. The van der Waals surface area contributed by atoms with Gasteiger partial charge in [0.1, 0.15) is 17.1 Å². The first kappa shape index (κ1) is 14.7. The zero-order valence-corrected chi connectivity index (χ0v) is 12.7. The van der Waals surface area contributed by atoms with Crippen LogP contribution in [0.1, 0.15) is 43.5 Å². The Hall–Kier alpha value is -1.71. The highest BCUT2D eigenvalue weighted by Crippen LogP contribution is 2.33. The van der Waals surface area contributed by atoms with E-state index in [-0.39, 0.29) is 18.0 Å². The van der Waals surface area contributed by atoms with Gasteiger partial charge in [0.2, 0.25) is 0 Å². The van der Waals surface area contributed by atoms with E-state index in [1.165, 1.54) is 6.42 Å². The summed E-state index contributed by atoms with van der Waals surface area (Å²) in [4.78, 5) is 14.9. The quantitative estimate of drug-likeness (QED) is 0.852. The SMILES string of the molecule is COc1cccc(OC)c1C(=O)N1C(C)CCCC1C. The molecular formula is C16H23NO3. The number of rotatable bonds is 3. The van der Waals surface area contributed by atoms with E-state index in [0.717, 1.165) is 12.8 Å². The monoisotopic (exact) mass is 277 g/mol. The van der Waals surface area contributed by atoms with Gasteiger partial charge in [-0.25, -0.2) is 0 Å². The molecule has 0 bridgehead atoms. The van der Waals surface area contributed by atoms with Gasteiger partial charge in [-0.15, -0.1) is 0 Å². The van der Waals surface area contributed by atoms with Gasteiger partial charge in [-0.05, 0) is 45.2 Å². The van der Waals surface area contributed by atoms with Crippen LogP contribution in [0.4, 0.5) is 0 Å². The standard InChI is InChI=1S/C16H23NO3/c1-11-7-5-8-12(2)17(11)16(18)15-13(19-3)9-6-10-14(15)20-4/h6,9-12H,5,7-8H2,1-4H3. The summed E-state index contributed by atoms with van der Waals surface area (Å²) in [6.45, 7) is 4.21. The zero-order chi connectivity index (χ0) is 14.7. The van der Waals surface area contributed by atoms with E-state index < -0.39 is 0 Å².